The number of aromatic amines is 1. The lowest BCUT2D eigenvalue weighted by Crippen LogP contribution is -2.17. The number of nitrogens with two attached hydrogens (primary N) is 1. The fourth-order valence-electron chi connectivity index (χ4n) is 1.62. The Bertz CT molecular complexity index is 673. The molecule has 1 aromatic carbocycles. The molecule has 0 radical (unpaired) electrons. The molecule has 0 spiro atoms. The molecule has 8 nitrogen and oxygen atoms in total. The van der Waals surface area contributed by atoms with Crippen molar-refractivity contribution in [3.05, 3.63) is 29.8 Å². The highest BCUT2D eigenvalue weighted by molar-refractivity contribution is 7.99. The monoisotopic (exact) mass is 321 g/mol. The van der Waals surface area contributed by atoms with E-state index in [1.165, 1.54) is 0 Å². The molecule has 0 bridgehead atoms. The van der Waals surface area contributed by atoms with Gasteiger partial charge in [-0.1, -0.05) is 23.9 Å². The minimum Gasteiger partial charge on any atom is -0.462 e. The molecule has 1 heterocycles. The van der Waals surface area contributed by atoms with Gasteiger partial charge in [0.25, 0.3) is 0 Å². The number of hydrogen-bond donors (Lipinski definition) is 3. The Morgan fingerprint density at radius 3 is 2.86 bits per heavy atom. The first kappa shape index (κ1) is 15.8. The number of H-pyrrole nitrogens is 1. The number of amides is 1. The van der Waals surface area contributed by atoms with Gasteiger partial charge in [0.2, 0.25) is 17.0 Å². The van der Waals surface area contributed by atoms with E-state index in [0.29, 0.717) is 16.4 Å². The maximum Gasteiger partial charge on any atom is 0.340 e. The molecule has 2 rings (SSSR count). The van der Waals surface area contributed by atoms with Crippen LogP contribution in [-0.2, 0) is 9.53 Å². The molecule has 0 fully saturated rings. The standard InChI is InChI=1S/C13H15N5O3S/c1-2-21-11(20)8-5-3-4-6-9(8)15-10(19)7-22-13-16-12(14)17-18-13/h3-6H,2,7H2,1H3,(H,15,19)(H3,14,16,17,18). The van der Waals surface area contributed by atoms with Crippen molar-refractivity contribution < 1.29 is 14.3 Å². The maximum absolute atomic E-state index is 11.9. The van der Waals surface area contributed by atoms with Crippen molar-refractivity contribution in [3.63, 3.8) is 0 Å². The molecule has 22 heavy (non-hydrogen) atoms. The number of aromatic nitrogens is 3. The quantitative estimate of drug-likeness (QED) is 0.541. The Morgan fingerprint density at radius 1 is 1.41 bits per heavy atom. The Morgan fingerprint density at radius 2 is 2.18 bits per heavy atom. The van der Waals surface area contributed by atoms with Crippen LogP contribution in [0.4, 0.5) is 11.6 Å². The van der Waals surface area contributed by atoms with Gasteiger partial charge in [-0.2, -0.15) is 4.98 Å². The van der Waals surface area contributed by atoms with Crippen LogP contribution in [0.2, 0.25) is 0 Å². The van der Waals surface area contributed by atoms with E-state index in [0.717, 1.165) is 11.8 Å². The lowest BCUT2D eigenvalue weighted by atomic mass is 10.2. The summed E-state index contributed by atoms with van der Waals surface area (Å²) in [5, 5.41) is 9.35. The van der Waals surface area contributed by atoms with Crippen LogP contribution >= 0.6 is 11.8 Å². The molecule has 9 heteroatoms. The average Bonchev–Trinajstić information content (AvgIpc) is 2.91. The lowest BCUT2D eigenvalue weighted by Gasteiger charge is -2.09. The summed E-state index contributed by atoms with van der Waals surface area (Å²) in [6.45, 7) is 1.99. The van der Waals surface area contributed by atoms with E-state index in [-0.39, 0.29) is 24.2 Å². The number of para-hydroxylation sites is 1. The number of nitrogen functional groups attached to an aromatic ring is 1. The normalized spacial score (nSPS) is 10.2. The molecule has 1 amide bonds. The number of ether oxygens (including phenoxy) is 1. The number of benzene rings is 1. The third-order valence-electron chi connectivity index (χ3n) is 2.51. The molecule has 116 valence electrons. The molecule has 0 saturated carbocycles. The number of carbonyl (C=O) groups excluding carboxylic acids is 2. The van der Waals surface area contributed by atoms with E-state index in [2.05, 4.69) is 20.5 Å². The third-order valence-corrected chi connectivity index (χ3v) is 3.36. The van der Waals surface area contributed by atoms with Crippen molar-refractivity contribution in [1.82, 2.24) is 15.2 Å². The van der Waals surface area contributed by atoms with Gasteiger partial charge < -0.3 is 15.8 Å². The number of nitrogens with one attached hydrogen (secondary N) is 2. The Balaban J connectivity index is 1.97. The molecule has 0 unspecified atom stereocenters. The Kier molecular flexibility index (Phi) is 5.37. The number of rotatable bonds is 6. The van der Waals surface area contributed by atoms with Crippen LogP contribution in [-0.4, -0.2) is 39.4 Å². The zero-order valence-corrected chi connectivity index (χ0v) is 12.6. The van der Waals surface area contributed by atoms with Crippen LogP contribution < -0.4 is 11.1 Å². The number of carbonyl (C=O) groups is 2. The summed E-state index contributed by atoms with van der Waals surface area (Å²) < 4.78 is 4.95. The number of thioether (sulfide) groups is 1. The van der Waals surface area contributed by atoms with Crippen molar-refractivity contribution in [2.75, 3.05) is 23.4 Å². The minimum absolute atomic E-state index is 0.0917. The highest BCUT2D eigenvalue weighted by Crippen LogP contribution is 2.18. The predicted molar refractivity (Wildman–Crippen MR) is 82.5 cm³/mol. The van der Waals surface area contributed by atoms with Crippen molar-refractivity contribution >= 4 is 35.3 Å². The van der Waals surface area contributed by atoms with E-state index in [4.69, 9.17) is 10.5 Å². The molecule has 4 N–H and O–H groups in total. The molecular weight excluding hydrogens is 306 g/mol. The van der Waals surface area contributed by atoms with Crippen LogP contribution in [0.25, 0.3) is 0 Å². The van der Waals surface area contributed by atoms with Crippen molar-refractivity contribution in [1.29, 1.82) is 0 Å². The first-order chi connectivity index (χ1) is 10.6. The molecule has 0 aliphatic rings. The van der Waals surface area contributed by atoms with Crippen LogP contribution in [0.15, 0.2) is 29.4 Å². The van der Waals surface area contributed by atoms with Gasteiger partial charge in [-0.15, -0.1) is 5.10 Å². The summed E-state index contributed by atoms with van der Waals surface area (Å²) in [5.74, 6) is -0.484. The molecule has 0 saturated heterocycles. The topological polar surface area (TPSA) is 123 Å². The molecule has 0 aliphatic carbocycles. The van der Waals surface area contributed by atoms with Gasteiger partial charge >= 0.3 is 5.97 Å². The third kappa shape index (κ3) is 4.22. The molecule has 1 aromatic heterocycles. The summed E-state index contributed by atoms with van der Waals surface area (Å²) in [6.07, 6.45) is 0. The SMILES string of the molecule is CCOC(=O)c1ccccc1NC(=O)CSc1n[nH]c(N)n1. The number of hydrogen-bond acceptors (Lipinski definition) is 7. The van der Waals surface area contributed by atoms with Crippen molar-refractivity contribution in [2.45, 2.75) is 12.1 Å². The van der Waals surface area contributed by atoms with Crippen molar-refractivity contribution in [3.8, 4) is 0 Å². The summed E-state index contributed by atoms with van der Waals surface area (Å²) in [7, 11) is 0. The van der Waals surface area contributed by atoms with Gasteiger partial charge in [0.1, 0.15) is 0 Å². The average molecular weight is 321 g/mol. The van der Waals surface area contributed by atoms with Crippen LogP contribution in [0, 0.1) is 0 Å². The second kappa shape index (κ2) is 7.46. The van der Waals surface area contributed by atoms with Gasteiger partial charge in [-0.25, -0.2) is 9.89 Å². The Hall–Kier alpha value is -2.55. The van der Waals surface area contributed by atoms with E-state index < -0.39 is 5.97 Å². The van der Waals surface area contributed by atoms with Crippen molar-refractivity contribution in [2.24, 2.45) is 0 Å². The fraction of sp³-hybridized carbons (Fsp3) is 0.231. The maximum atomic E-state index is 11.9. The van der Waals surface area contributed by atoms with E-state index >= 15 is 0 Å². The highest BCUT2D eigenvalue weighted by Gasteiger charge is 2.14. The predicted octanol–water partition coefficient (Wildman–Crippen LogP) is 1.29. The highest BCUT2D eigenvalue weighted by atomic mass is 32.2. The minimum atomic E-state index is -0.479. The number of esters is 1. The van der Waals surface area contributed by atoms with E-state index in [9.17, 15) is 9.59 Å². The zero-order chi connectivity index (χ0) is 15.9. The van der Waals surface area contributed by atoms with Gasteiger partial charge in [0, 0.05) is 0 Å². The second-order valence-electron chi connectivity index (χ2n) is 4.11. The summed E-state index contributed by atoms with van der Waals surface area (Å²) in [6, 6.07) is 6.66. The smallest absolute Gasteiger partial charge is 0.340 e. The molecule has 0 atom stereocenters. The van der Waals surface area contributed by atoms with E-state index in [1.807, 2.05) is 0 Å². The lowest BCUT2D eigenvalue weighted by molar-refractivity contribution is -0.113. The largest absolute Gasteiger partial charge is 0.462 e. The summed E-state index contributed by atoms with van der Waals surface area (Å²) >= 11 is 1.13. The van der Waals surface area contributed by atoms with Crippen LogP contribution in [0.3, 0.4) is 0 Å². The first-order valence-corrected chi connectivity index (χ1v) is 7.45. The summed E-state index contributed by atoms with van der Waals surface area (Å²) in [5.41, 5.74) is 6.11. The molecule has 2 aromatic rings. The van der Waals surface area contributed by atoms with E-state index in [1.54, 1.807) is 31.2 Å². The Labute approximate surface area is 130 Å². The van der Waals surface area contributed by atoms with Gasteiger partial charge in [0.05, 0.1) is 23.6 Å². The number of nitrogens with zero attached hydrogens (tertiary/aromatic N) is 2. The fourth-order valence-corrected chi connectivity index (χ4v) is 2.22. The first-order valence-electron chi connectivity index (χ1n) is 6.46. The number of anilines is 2. The van der Waals surface area contributed by atoms with Crippen LogP contribution in [0.5, 0.6) is 0 Å². The summed E-state index contributed by atoms with van der Waals surface area (Å²) in [4.78, 5) is 27.6. The molecular formula is C13H15N5O3S. The molecule has 0 aliphatic heterocycles. The van der Waals surface area contributed by atoms with Gasteiger partial charge in [-0.05, 0) is 19.1 Å². The van der Waals surface area contributed by atoms with Gasteiger partial charge in [-0.3, -0.25) is 4.79 Å². The second-order valence-corrected chi connectivity index (χ2v) is 5.05. The van der Waals surface area contributed by atoms with Crippen LogP contribution in [0.1, 0.15) is 17.3 Å². The van der Waals surface area contributed by atoms with Gasteiger partial charge in [0.15, 0.2) is 0 Å². The zero-order valence-electron chi connectivity index (χ0n) is 11.8.